The van der Waals surface area contributed by atoms with Gasteiger partial charge in [-0.15, -0.1) is 0 Å². The van der Waals surface area contributed by atoms with Crippen molar-refractivity contribution in [3.8, 4) is 0 Å². The average Bonchev–Trinajstić information content (AvgIpc) is 3.20. The van der Waals surface area contributed by atoms with E-state index in [-0.39, 0.29) is 6.10 Å². The van der Waals surface area contributed by atoms with Crippen molar-refractivity contribution >= 4 is 12.4 Å². The van der Waals surface area contributed by atoms with Crippen molar-refractivity contribution in [2.75, 3.05) is 13.2 Å². The molecule has 0 bridgehead atoms. The maximum Gasteiger partial charge on any atom is 0.354 e. The Morgan fingerprint density at radius 2 is 2.33 bits per heavy atom. The molecule has 0 aromatic carbocycles. The van der Waals surface area contributed by atoms with E-state index in [0.717, 1.165) is 12.0 Å². The summed E-state index contributed by atoms with van der Waals surface area (Å²) < 4.78 is 10.7. The monoisotopic (exact) mass is 253 g/mol. The minimum absolute atomic E-state index is 0.201. The second-order valence-electron chi connectivity index (χ2n) is 4.66. The predicted octanol–water partition coefficient (Wildman–Crippen LogP) is 1.14. The molecule has 18 heavy (non-hydrogen) atoms. The molecular weight excluding hydrogens is 234 g/mol. The lowest BCUT2D eigenvalue weighted by Crippen LogP contribution is -2.29. The van der Waals surface area contributed by atoms with Gasteiger partial charge in [-0.05, 0) is 44.1 Å². The fourth-order valence-corrected chi connectivity index (χ4v) is 2.30. The molecule has 1 N–H and O–H groups in total. The Labute approximate surface area is 107 Å². The first-order valence-electron chi connectivity index (χ1n) is 6.47. The van der Waals surface area contributed by atoms with E-state index in [9.17, 15) is 9.59 Å². The summed E-state index contributed by atoms with van der Waals surface area (Å²) in [5, 5.41) is 2.49. The minimum Gasteiger partial charge on any atom is -0.461 e. The lowest BCUT2D eigenvalue weighted by Gasteiger charge is -2.26. The summed E-state index contributed by atoms with van der Waals surface area (Å²) in [6.07, 6.45) is 4.53. The van der Waals surface area contributed by atoms with Gasteiger partial charge in [0.25, 0.3) is 0 Å². The lowest BCUT2D eigenvalue weighted by molar-refractivity contribution is -0.139. The molecule has 1 atom stereocenters. The Bertz CT molecular complexity index is 360. The van der Waals surface area contributed by atoms with E-state index in [1.807, 2.05) is 0 Å². The number of nitrogens with one attached hydrogen (secondary N) is 1. The standard InChI is InChI=1S/C13H19NO4/c1-2-17-13(16)12(14-8-15)10-5-6-18-11(7-10)9-3-4-9/h8-9,11H,2-7H2,1H3,(H,14,15). The van der Waals surface area contributed by atoms with Crippen molar-refractivity contribution in [2.24, 2.45) is 5.92 Å². The van der Waals surface area contributed by atoms with Crippen LogP contribution in [0, 0.1) is 5.92 Å². The summed E-state index contributed by atoms with van der Waals surface area (Å²) >= 11 is 0. The lowest BCUT2D eigenvalue weighted by atomic mass is 9.97. The van der Waals surface area contributed by atoms with Crippen LogP contribution in [0.25, 0.3) is 0 Å². The van der Waals surface area contributed by atoms with E-state index in [0.29, 0.717) is 37.7 Å². The zero-order valence-corrected chi connectivity index (χ0v) is 10.6. The summed E-state index contributed by atoms with van der Waals surface area (Å²) in [6, 6.07) is 0. The maximum absolute atomic E-state index is 11.8. The SMILES string of the molecule is CCOC(=O)C(NC=O)=C1CCOC(C2CC2)C1. The average molecular weight is 253 g/mol. The van der Waals surface area contributed by atoms with Crippen molar-refractivity contribution in [1.29, 1.82) is 0 Å². The maximum atomic E-state index is 11.8. The highest BCUT2D eigenvalue weighted by Crippen LogP contribution is 2.39. The van der Waals surface area contributed by atoms with Crippen LogP contribution in [0.2, 0.25) is 0 Å². The summed E-state index contributed by atoms with van der Waals surface area (Å²) in [5.41, 5.74) is 1.25. The van der Waals surface area contributed by atoms with Crippen LogP contribution < -0.4 is 5.32 Å². The van der Waals surface area contributed by atoms with Gasteiger partial charge in [0.1, 0.15) is 5.70 Å². The van der Waals surface area contributed by atoms with Gasteiger partial charge < -0.3 is 14.8 Å². The van der Waals surface area contributed by atoms with Crippen molar-refractivity contribution < 1.29 is 19.1 Å². The Kier molecular flexibility index (Phi) is 4.36. The Morgan fingerprint density at radius 1 is 1.56 bits per heavy atom. The van der Waals surface area contributed by atoms with Gasteiger partial charge in [0.05, 0.1) is 19.3 Å². The highest BCUT2D eigenvalue weighted by Gasteiger charge is 2.35. The Balaban J connectivity index is 2.11. The molecule has 1 aliphatic carbocycles. The molecule has 0 aromatic rings. The molecule has 5 nitrogen and oxygen atoms in total. The van der Waals surface area contributed by atoms with Crippen molar-refractivity contribution in [1.82, 2.24) is 5.32 Å². The Morgan fingerprint density at radius 3 is 2.94 bits per heavy atom. The van der Waals surface area contributed by atoms with Crippen molar-refractivity contribution in [3.63, 3.8) is 0 Å². The van der Waals surface area contributed by atoms with Crippen molar-refractivity contribution in [3.05, 3.63) is 11.3 Å². The zero-order valence-electron chi connectivity index (χ0n) is 10.6. The van der Waals surface area contributed by atoms with Gasteiger partial charge in [0, 0.05) is 0 Å². The van der Waals surface area contributed by atoms with Gasteiger partial charge in [0.2, 0.25) is 6.41 Å². The van der Waals surface area contributed by atoms with Gasteiger partial charge in [-0.25, -0.2) is 4.79 Å². The normalized spacial score (nSPS) is 26.4. The smallest absolute Gasteiger partial charge is 0.354 e. The second kappa shape index (κ2) is 6.00. The van der Waals surface area contributed by atoms with Gasteiger partial charge in [-0.1, -0.05) is 0 Å². The molecule has 2 fully saturated rings. The molecule has 5 heteroatoms. The summed E-state index contributed by atoms with van der Waals surface area (Å²) in [5.74, 6) is 0.177. The summed E-state index contributed by atoms with van der Waals surface area (Å²) in [6.45, 7) is 2.66. The number of ether oxygens (including phenoxy) is 2. The summed E-state index contributed by atoms with van der Waals surface area (Å²) in [4.78, 5) is 22.4. The molecule has 1 aliphatic heterocycles. The van der Waals surface area contributed by atoms with Crippen LogP contribution in [0.5, 0.6) is 0 Å². The number of esters is 1. The molecule has 1 saturated carbocycles. The first-order valence-corrected chi connectivity index (χ1v) is 6.47. The molecule has 1 amide bonds. The zero-order chi connectivity index (χ0) is 13.0. The minimum atomic E-state index is -0.448. The van der Waals surface area contributed by atoms with E-state index in [1.54, 1.807) is 6.92 Å². The fraction of sp³-hybridized carbons (Fsp3) is 0.692. The first kappa shape index (κ1) is 13.1. The van der Waals surface area contributed by atoms with Crippen LogP contribution in [0.3, 0.4) is 0 Å². The highest BCUT2D eigenvalue weighted by molar-refractivity contribution is 5.91. The van der Waals surface area contributed by atoms with E-state index < -0.39 is 5.97 Å². The van der Waals surface area contributed by atoms with E-state index in [1.165, 1.54) is 12.8 Å². The van der Waals surface area contributed by atoms with Gasteiger partial charge in [0.15, 0.2) is 0 Å². The predicted molar refractivity (Wildman–Crippen MR) is 64.6 cm³/mol. The molecule has 1 unspecified atom stereocenters. The third-order valence-corrected chi connectivity index (χ3v) is 3.37. The molecule has 2 aliphatic rings. The quantitative estimate of drug-likeness (QED) is 0.453. The largest absolute Gasteiger partial charge is 0.461 e. The number of hydrogen-bond donors (Lipinski definition) is 1. The number of rotatable bonds is 5. The molecule has 0 aromatic heterocycles. The second-order valence-corrected chi connectivity index (χ2v) is 4.66. The molecule has 1 saturated heterocycles. The van der Waals surface area contributed by atoms with Gasteiger partial charge >= 0.3 is 5.97 Å². The molecule has 0 spiro atoms. The molecule has 100 valence electrons. The third-order valence-electron chi connectivity index (χ3n) is 3.37. The van der Waals surface area contributed by atoms with Gasteiger partial charge in [-0.2, -0.15) is 0 Å². The molecule has 0 radical (unpaired) electrons. The molecule has 1 heterocycles. The summed E-state index contributed by atoms with van der Waals surface area (Å²) in [7, 11) is 0. The number of carbonyl (C=O) groups excluding carboxylic acids is 2. The number of amides is 1. The van der Waals surface area contributed by atoms with Crippen LogP contribution in [-0.4, -0.2) is 31.7 Å². The third kappa shape index (κ3) is 3.10. The van der Waals surface area contributed by atoms with Crippen LogP contribution in [0.4, 0.5) is 0 Å². The van der Waals surface area contributed by atoms with Gasteiger partial charge in [-0.3, -0.25) is 4.79 Å². The fourth-order valence-electron chi connectivity index (χ4n) is 2.30. The van der Waals surface area contributed by atoms with Crippen LogP contribution in [0.1, 0.15) is 32.6 Å². The van der Waals surface area contributed by atoms with Crippen LogP contribution in [-0.2, 0) is 19.1 Å². The van der Waals surface area contributed by atoms with Crippen LogP contribution in [0.15, 0.2) is 11.3 Å². The van der Waals surface area contributed by atoms with Crippen molar-refractivity contribution in [2.45, 2.75) is 38.7 Å². The highest BCUT2D eigenvalue weighted by atomic mass is 16.5. The topological polar surface area (TPSA) is 64.6 Å². The Hall–Kier alpha value is -1.36. The van der Waals surface area contributed by atoms with E-state index in [2.05, 4.69) is 5.32 Å². The first-order chi connectivity index (χ1) is 8.76. The van der Waals surface area contributed by atoms with E-state index in [4.69, 9.17) is 9.47 Å². The number of hydrogen-bond acceptors (Lipinski definition) is 4. The van der Waals surface area contributed by atoms with E-state index >= 15 is 0 Å². The molecular formula is C13H19NO4. The van der Waals surface area contributed by atoms with Crippen LogP contribution >= 0.6 is 0 Å². The molecule has 2 rings (SSSR count). The number of carbonyl (C=O) groups is 2.